The van der Waals surface area contributed by atoms with Gasteiger partial charge in [-0.05, 0) is 31.5 Å². The maximum Gasteiger partial charge on any atom is 0.254 e. The topological polar surface area (TPSA) is 49.3 Å². The SMILES string of the molecule is Cc1ccc(C(=O)N[C@H](C)CO)c(F)c1. The van der Waals surface area contributed by atoms with Gasteiger partial charge in [0.1, 0.15) is 5.82 Å². The first-order valence-electron chi connectivity index (χ1n) is 4.72. The van der Waals surface area contributed by atoms with Crippen LogP contribution in [-0.2, 0) is 0 Å². The molecule has 0 radical (unpaired) electrons. The first-order chi connectivity index (χ1) is 7.04. The Labute approximate surface area is 87.9 Å². The zero-order chi connectivity index (χ0) is 11.4. The molecule has 0 saturated carbocycles. The Hall–Kier alpha value is -1.42. The number of halogens is 1. The van der Waals surface area contributed by atoms with Crippen LogP contribution >= 0.6 is 0 Å². The molecule has 0 spiro atoms. The van der Waals surface area contributed by atoms with E-state index in [9.17, 15) is 9.18 Å². The molecule has 0 aliphatic rings. The Balaban J connectivity index is 2.82. The number of rotatable bonds is 3. The number of amides is 1. The minimum absolute atomic E-state index is 0.000833. The van der Waals surface area contributed by atoms with Crippen LogP contribution in [0.1, 0.15) is 22.8 Å². The quantitative estimate of drug-likeness (QED) is 0.790. The van der Waals surface area contributed by atoms with Gasteiger partial charge >= 0.3 is 0 Å². The third-order valence-corrected chi connectivity index (χ3v) is 2.02. The molecule has 1 amide bonds. The molecule has 1 aromatic carbocycles. The van der Waals surface area contributed by atoms with Gasteiger partial charge in [0.2, 0.25) is 0 Å². The third-order valence-electron chi connectivity index (χ3n) is 2.02. The van der Waals surface area contributed by atoms with Crippen molar-refractivity contribution in [1.82, 2.24) is 5.32 Å². The third kappa shape index (κ3) is 3.02. The molecular weight excluding hydrogens is 197 g/mol. The molecule has 0 unspecified atom stereocenters. The van der Waals surface area contributed by atoms with E-state index in [2.05, 4.69) is 5.32 Å². The molecule has 0 heterocycles. The van der Waals surface area contributed by atoms with Crippen molar-refractivity contribution in [2.45, 2.75) is 19.9 Å². The Morgan fingerprint density at radius 2 is 2.27 bits per heavy atom. The average Bonchev–Trinajstić information content (AvgIpc) is 2.17. The van der Waals surface area contributed by atoms with Gasteiger partial charge in [0.25, 0.3) is 5.91 Å². The highest BCUT2D eigenvalue weighted by Crippen LogP contribution is 2.09. The summed E-state index contributed by atoms with van der Waals surface area (Å²) in [6.45, 7) is 3.23. The van der Waals surface area contributed by atoms with Crippen molar-refractivity contribution < 1.29 is 14.3 Å². The highest BCUT2D eigenvalue weighted by atomic mass is 19.1. The average molecular weight is 211 g/mol. The number of carbonyl (C=O) groups is 1. The summed E-state index contributed by atoms with van der Waals surface area (Å²) in [7, 11) is 0. The molecule has 1 aromatic rings. The highest BCUT2D eigenvalue weighted by molar-refractivity contribution is 5.94. The fourth-order valence-corrected chi connectivity index (χ4v) is 1.15. The van der Waals surface area contributed by atoms with Gasteiger partial charge in [0.05, 0.1) is 12.2 Å². The molecule has 0 aliphatic heterocycles. The van der Waals surface area contributed by atoms with E-state index in [4.69, 9.17) is 5.11 Å². The summed E-state index contributed by atoms with van der Waals surface area (Å²) in [6, 6.07) is 4.03. The molecular formula is C11H14FNO2. The minimum atomic E-state index is -0.544. The molecule has 3 nitrogen and oxygen atoms in total. The molecule has 0 aliphatic carbocycles. The lowest BCUT2D eigenvalue weighted by Gasteiger charge is -2.11. The summed E-state index contributed by atoms with van der Waals surface area (Å²) in [5.41, 5.74) is 0.764. The van der Waals surface area contributed by atoms with Gasteiger partial charge in [0, 0.05) is 6.04 Å². The number of aryl methyl sites for hydroxylation is 1. The van der Waals surface area contributed by atoms with Crippen molar-refractivity contribution in [3.63, 3.8) is 0 Å². The van der Waals surface area contributed by atoms with Crippen LogP contribution in [0.4, 0.5) is 4.39 Å². The van der Waals surface area contributed by atoms with Gasteiger partial charge in [0.15, 0.2) is 0 Å². The van der Waals surface area contributed by atoms with E-state index in [1.807, 2.05) is 0 Å². The summed E-state index contributed by atoms with van der Waals surface area (Å²) >= 11 is 0. The summed E-state index contributed by atoms with van der Waals surface area (Å²) in [4.78, 5) is 11.5. The van der Waals surface area contributed by atoms with E-state index >= 15 is 0 Å². The smallest absolute Gasteiger partial charge is 0.254 e. The van der Waals surface area contributed by atoms with Crippen molar-refractivity contribution in [3.8, 4) is 0 Å². The van der Waals surface area contributed by atoms with Gasteiger partial charge in [-0.2, -0.15) is 0 Å². The van der Waals surface area contributed by atoms with Crippen molar-refractivity contribution in [2.75, 3.05) is 6.61 Å². The number of carbonyl (C=O) groups excluding carboxylic acids is 1. The van der Waals surface area contributed by atoms with Gasteiger partial charge in [-0.3, -0.25) is 4.79 Å². The minimum Gasteiger partial charge on any atom is -0.394 e. The first kappa shape index (κ1) is 11.7. The monoisotopic (exact) mass is 211 g/mol. The van der Waals surface area contributed by atoms with Crippen LogP contribution < -0.4 is 5.32 Å². The van der Waals surface area contributed by atoms with E-state index in [1.165, 1.54) is 12.1 Å². The van der Waals surface area contributed by atoms with E-state index in [1.54, 1.807) is 19.9 Å². The Morgan fingerprint density at radius 3 is 2.80 bits per heavy atom. The van der Waals surface area contributed by atoms with E-state index < -0.39 is 11.7 Å². The first-order valence-corrected chi connectivity index (χ1v) is 4.72. The summed E-state index contributed by atoms with van der Waals surface area (Å²) < 4.78 is 13.3. The zero-order valence-electron chi connectivity index (χ0n) is 8.75. The number of hydrogen-bond acceptors (Lipinski definition) is 2. The predicted octanol–water partition coefficient (Wildman–Crippen LogP) is 1.24. The molecule has 2 N–H and O–H groups in total. The molecule has 0 bridgehead atoms. The molecule has 82 valence electrons. The van der Waals surface area contributed by atoms with Crippen LogP contribution in [-0.4, -0.2) is 23.7 Å². The Morgan fingerprint density at radius 1 is 1.60 bits per heavy atom. The molecule has 1 atom stereocenters. The van der Waals surface area contributed by atoms with E-state index in [0.717, 1.165) is 5.56 Å². The number of aliphatic hydroxyl groups excluding tert-OH is 1. The number of benzene rings is 1. The molecule has 0 fully saturated rings. The van der Waals surface area contributed by atoms with Gasteiger partial charge in [-0.1, -0.05) is 6.07 Å². The lowest BCUT2D eigenvalue weighted by Crippen LogP contribution is -2.35. The molecule has 15 heavy (non-hydrogen) atoms. The standard InChI is InChI=1S/C11H14FNO2/c1-7-3-4-9(10(12)5-7)11(15)13-8(2)6-14/h3-5,8,14H,6H2,1-2H3,(H,13,15)/t8-/m1/s1. The fourth-order valence-electron chi connectivity index (χ4n) is 1.15. The second kappa shape index (κ2) is 4.89. The maximum atomic E-state index is 13.3. The van der Waals surface area contributed by atoms with Crippen LogP contribution in [0, 0.1) is 12.7 Å². The fraction of sp³-hybridized carbons (Fsp3) is 0.364. The predicted molar refractivity (Wildman–Crippen MR) is 55.2 cm³/mol. The van der Waals surface area contributed by atoms with Crippen LogP contribution in [0.2, 0.25) is 0 Å². The second-order valence-electron chi connectivity index (χ2n) is 3.54. The summed E-state index contributed by atoms with van der Waals surface area (Å²) in [5.74, 6) is -1.05. The highest BCUT2D eigenvalue weighted by Gasteiger charge is 2.13. The van der Waals surface area contributed by atoms with Crippen LogP contribution in [0.5, 0.6) is 0 Å². The van der Waals surface area contributed by atoms with Crippen LogP contribution in [0.25, 0.3) is 0 Å². The van der Waals surface area contributed by atoms with Gasteiger partial charge in [-0.25, -0.2) is 4.39 Å². The van der Waals surface area contributed by atoms with Crippen molar-refractivity contribution >= 4 is 5.91 Å². The number of nitrogens with one attached hydrogen (secondary N) is 1. The number of aliphatic hydroxyl groups is 1. The van der Waals surface area contributed by atoms with Crippen molar-refractivity contribution in [3.05, 3.63) is 35.1 Å². The van der Waals surface area contributed by atoms with Crippen LogP contribution in [0.15, 0.2) is 18.2 Å². The Kier molecular flexibility index (Phi) is 3.80. The maximum absolute atomic E-state index is 13.3. The Bertz CT molecular complexity index is 366. The summed E-state index contributed by atoms with van der Waals surface area (Å²) in [5, 5.41) is 11.2. The van der Waals surface area contributed by atoms with Gasteiger partial charge in [-0.15, -0.1) is 0 Å². The second-order valence-corrected chi connectivity index (χ2v) is 3.54. The van der Waals surface area contributed by atoms with Crippen molar-refractivity contribution in [1.29, 1.82) is 0 Å². The summed E-state index contributed by atoms with van der Waals surface area (Å²) in [6.07, 6.45) is 0. The zero-order valence-corrected chi connectivity index (χ0v) is 8.75. The number of hydrogen-bond donors (Lipinski definition) is 2. The largest absolute Gasteiger partial charge is 0.394 e. The van der Waals surface area contributed by atoms with E-state index in [0.29, 0.717) is 0 Å². The molecule has 4 heteroatoms. The van der Waals surface area contributed by atoms with Crippen molar-refractivity contribution in [2.24, 2.45) is 0 Å². The lowest BCUT2D eigenvalue weighted by atomic mass is 10.1. The normalized spacial score (nSPS) is 12.3. The lowest BCUT2D eigenvalue weighted by molar-refractivity contribution is 0.0918. The van der Waals surface area contributed by atoms with E-state index in [-0.39, 0.29) is 18.2 Å². The molecule has 0 aromatic heterocycles. The van der Waals surface area contributed by atoms with Crippen LogP contribution in [0.3, 0.4) is 0 Å². The van der Waals surface area contributed by atoms with Gasteiger partial charge < -0.3 is 10.4 Å². The molecule has 0 saturated heterocycles. The molecule has 1 rings (SSSR count).